The first-order chi connectivity index (χ1) is 14.1. The number of anilines is 1. The van der Waals surface area contributed by atoms with Gasteiger partial charge in [0, 0.05) is 31.5 Å². The van der Waals surface area contributed by atoms with E-state index in [0.717, 1.165) is 38.2 Å². The molecule has 1 saturated heterocycles. The van der Waals surface area contributed by atoms with E-state index in [2.05, 4.69) is 35.1 Å². The molecule has 1 atom stereocenters. The van der Waals surface area contributed by atoms with Gasteiger partial charge in [-0.25, -0.2) is 4.52 Å². The van der Waals surface area contributed by atoms with Crippen LogP contribution in [-0.4, -0.2) is 53.3 Å². The molecule has 2 aliphatic heterocycles. The van der Waals surface area contributed by atoms with Gasteiger partial charge in [-0.05, 0) is 54.8 Å². The van der Waals surface area contributed by atoms with Gasteiger partial charge >= 0.3 is 0 Å². The van der Waals surface area contributed by atoms with Crippen molar-refractivity contribution in [2.45, 2.75) is 19.4 Å². The van der Waals surface area contributed by atoms with Crippen LogP contribution in [0.25, 0.3) is 5.52 Å². The number of rotatable bonds is 2. The molecular weight excluding hydrogens is 388 g/mol. The van der Waals surface area contributed by atoms with Gasteiger partial charge in [0.2, 0.25) is 0 Å². The average Bonchev–Trinajstić information content (AvgIpc) is 3.17. The van der Waals surface area contributed by atoms with Gasteiger partial charge in [-0.2, -0.15) is 5.10 Å². The fraction of sp³-hybridized carbons (Fsp3) is 0.364. The zero-order chi connectivity index (χ0) is 20.0. The molecular formula is C22H23ClN4O2. The number of ether oxygens (including phenoxy) is 1. The first kappa shape index (κ1) is 18.5. The first-order valence-corrected chi connectivity index (χ1v) is 10.4. The summed E-state index contributed by atoms with van der Waals surface area (Å²) in [6.45, 7) is 6.19. The molecule has 5 rings (SSSR count). The number of halogens is 1. The van der Waals surface area contributed by atoms with E-state index in [1.54, 1.807) is 16.8 Å². The second kappa shape index (κ2) is 7.35. The van der Waals surface area contributed by atoms with Crippen molar-refractivity contribution < 1.29 is 9.53 Å². The van der Waals surface area contributed by atoms with E-state index < -0.39 is 0 Å². The summed E-state index contributed by atoms with van der Waals surface area (Å²) >= 11 is 6.04. The highest BCUT2D eigenvalue weighted by Gasteiger charge is 2.30. The summed E-state index contributed by atoms with van der Waals surface area (Å²) < 4.78 is 7.12. The van der Waals surface area contributed by atoms with Gasteiger partial charge in [-0.15, -0.1) is 0 Å². The second-order valence-electron chi connectivity index (χ2n) is 7.65. The van der Waals surface area contributed by atoms with Gasteiger partial charge in [0.25, 0.3) is 5.91 Å². The normalized spacial score (nSPS) is 19.4. The minimum atomic E-state index is -0.0415. The molecule has 4 heterocycles. The number of morpholine rings is 1. The van der Waals surface area contributed by atoms with Gasteiger partial charge in [0.05, 0.1) is 29.8 Å². The van der Waals surface area contributed by atoms with Crippen molar-refractivity contribution >= 4 is 28.7 Å². The Hall–Kier alpha value is -2.57. The third-order valence-corrected chi connectivity index (χ3v) is 6.17. The van der Waals surface area contributed by atoms with Crippen molar-refractivity contribution in [3.8, 4) is 0 Å². The van der Waals surface area contributed by atoms with Gasteiger partial charge < -0.3 is 14.5 Å². The van der Waals surface area contributed by atoms with Crippen LogP contribution in [0, 0.1) is 0 Å². The number of carbonyl (C=O) groups is 1. The van der Waals surface area contributed by atoms with Crippen LogP contribution in [0.15, 0.2) is 42.6 Å². The minimum Gasteiger partial charge on any atom is -0.378 e. The molecule has 7 heteroatoms. The smallest absolute Gasteiger partial charge is 0.274 e. The third kappa shape index (κ3) is 3.36. The highest BCUT2D eigenvalue weighted by Crippen LogP contribution is 2.33. The highest BCUT2D eigenvalue weighted by atomic mass is 35.5. The van der Waals surface area contributed by atoms with Crippen LogP contribution in [0.2, 0.25) is 5.02 Å². The number of hydrogen-bond donors (Lipinski definition) is 0. The summed E-state index contributed by atoms with van der Waals surface area (Å²) in [7, 11) is 0. The molecule has 2 aromatic heterocycles. The van der Waals surface area contributed by atoms with E-state index in [1.165, 1.54) is 16.8 Å². The predicted molar refractivity (Wildman–Crippen MR) is 113 cm³/mol. The molecule has 150 valence electrons. The lowest BCUT2D eigenvalue weighted by atomic mass is 9.92. The Bertz CT molecular complexity index is 1070. The van der Waals surface area contributed by atoms with Gasteiger partial charge in [0.1, 0.15) is 0 Å². The number of benzene rings is 1. The van der Waals surface area contributed by atoms with Crippen LogP contribution in [0.4, 0.5) is 5.69 Å². The van der Waals surface area contributed by atoms with Gasteiger partial charge in [-0.1, -0.05) is 17.7 Å². The zero-order valence-electron chi connectivity index (χ0n) is 16.3. The van der Waals surface area contributed by atoms with E-state index in [9.17, 15) is 4.79 Å². The fourth-order valence-corrected chi connectivity index (χ4v) is 4.48. The lowest BCUT2D eigenvalue weighted by Gasteiger charge is -2.36. The standard InChI is InChI=1S/C22H23ClN4O2/c1-15-20-5-4-18(25-8-10-29-11-9-25)12-16(20)6-7-26(15)22(28)21-13-19-3-2-17(23)14-27(19)24-21/h2-5,12-15H,6-11H2,1H3. The number of nitrogens with zero attached hydrogens (tertiary/aromatic N) is 4. The highest BCUT2D eigenvalue weighted by molar-refractivity contribution is 6.30. The Balaban J connectivity index is 1.39. The van der Waals surface area contributed by atoms with Crippen molar-refractivity contribution in [2.24, 2.45) is 0 Å². The van der Waals surface area contributed by atoms with Crippen molar-refractivity contribution in [1.82, 2.24) is 14.5 Å². The molecule has 0 bridgehead atoms. The summed E-state index contributed by atoms with van der Waals surface area (Å²) in [5, 5.41) is 5.03. The number of hydrogen-bond acceptors (Lipinski definition) is 4. The van der Waals surface area contributed by atoms with Crippen LogP contribution in [0.1, 0.15) is 34.6 Å². The largest absolute Gasteiger partial charge is 0.378 e. The maximum absolute atomic E-state index is 13.2. The number of pyridine rings is 1. The third-order valence-electron chi connectivity index (χ3n) is 5.95. The summed E-state index contributed by atoms with van der Waals surface area (Å²) in [5.41, 5.74) is 5.10. The molecule has 1 amide bonds. The van der Waals surface area contributed by atoms with Crippen molar-refractivity contribution in [3.05, 3.63) is 64.4 Å². The molecule has 0 N–H and O–H groups in total. The number of carbonyl (C=O) groups excluding carboxylic acids is 1. The quantitative estimate of drug-likeness (QED) is 0.648. The van der Waals surface area contributed by atoms with Crippen molar-refractivity contribution in [1.29, 1.82) is 0 Å². The lowest BCUT2D eigenvalue weighted by molar-refractivity contribution is 0.0671. The molecule has 0 spiro atoms. The lowest BCUT2D eigenvalue weighted by Crippen LogP contribution is -2.39. The molecule has 2 aliphatic rings. The van der Waals surface area contributed by atoms with Crippen molar-refractivity contribution in [3.63, 3.8) is 0 Å². The summed E-state index contributed by atoms with van der Waals surface area (Å²) in [5.74, 6) is -0.0415. The average molecular weight is 411 g/mol. The molecule has 29 heavy (non-hydrogen) atoms. The first-order valence-electron chi connectivity index (χ1n) is 10.0. The van der Waals surface area contributed by atoms with Crippen LogP contribution < -0.4 is 4.90 Å². The van der Waals surface area contributed by atoms with Gasteiger partial charge in [0.15, 0.2) is 5.69 Å². The van der Waals surface area contributed by atoms with E-state index in [-0.39, 0.29) is 11.9 Å². The number of fused-ring (bicyclic) bond motifs is 2. The molecule has 1 fully saturated rings. The van der Waals surface area contributed by atoms with Crippen LogP contribution in [0.3, 0.4) is 0 Å². The SMILES string of the molecule is CC1c2ccc(N3CCOCC3)cc2CCN1C(=O)c1cc2ccc(Cl)cn2n1. The molecule has 1 aromatic carbocycles. The molecule has 6 nitrogen and oxygen atoms in total. The van der Waals surface area contributed by atoms with Crippen LogP contribution in [-0.2, 0) is 11.2 Å². The van der Waals surface area contributed by atoms with Crippen LogP contribution in [0.5, 0.6) is 0 Å². The Kier molecular flexibility index (Phi) is 4.68. The summed E-state index contributed by atoms with van der Waals surface area (Å²) in [6.07, 6.45) is 2.57. The molecule has 0 saturated carbocycles. The maximum atomic E-state index is 13.2. The van der Waals surface area contributed by atoms with Gasteiger partial charge in [-0.3, -0.25) is 4.79 Å². The molecule has 0 aliphatic carbocycles. The Morgan fingerprint density at radius 2 is 1.97 bits per heavy atom. The second-order valence-corrected chi connectivity index (χ2v) is 8.09. The summed E-state index contributed by atoms with van der Waals surface area (Å²) in [6, 6.07) is 12.1. The minimum absolute atomic E-state index is 0.0124. The molecule has 1 unspecified atom stereocenters. The fourth-order valence-electron chi connectivity index (χ4n) is 4.33. The molecule has 3 aromatic rings. The zero-order valence-corrected chi connectivity index (χ0v) is 17.1. The van der Waals surface area contributed by atoms with Crippen LogP contribution >= 0.6 is 11.6 Å². The Morgan fingerprint density at radius 3 is 2.79 bits per heavy atom. The summed E-state index contributed by atoms with van der Waals surface area (Å²) in [4.78, 5) is 17.5. The maximum Gasteiger partial charge on any atom is 0.274 e. The van der Waals surface area contributed by atoms with E-state index >= 15 is 0 Å². The number of aromatic nitrogens is 2. The van der Waals surface area contributed by atoms with E-state index in [4.69, 9.17) is 16.3 Å². The Morgan fingerprint density at radius 1 is 1.14 bits per heavy atom. The van der Waals surface area contributed by atoms with E-state index in [0.29, 0.717) is 17.3 Å². The van der Waals surface area contributed by atoms with Crippen molar-refractivity contribution in [2.75, 3.05) is 37.7 Å². The molecule has 0 radical (unpaired) electrons. The van der Waals surface area contributed by atoms with E-state index in [1.807, 2.05) is 17.0 Å². The number of amides is 1. The topological polar surface area (TPSA) is 50.1 Å². The monoisotopic (exact) mass is 410 g/mol. The predicted octanol–water partition coefficient (Wildman–Crippen LogP) is 3.58. The Labute approximate surface area is 174 Å².